The Kier molecular flexibility index (Phi) is 6.37. The van der Waals surface area contributed by atoms with Crippen LogP contribution in [0.4, 0.5) is 11.4 Å². The molecule has 2 heterocycles. The minimum Gasteiger partial charge on any atom is -0.463 e. The lowest BCUT2D eigenvalue weighted by atomic mass is 9.77. The predicted molar refractivity (Wildman–Crippen MR) is 141 cm³/mol. The first-order chi connectivity index (χ1) is 17.8. The fourth-order valence-electron chi connectivity index (χ4n) is 5.12. The van der Waals surface area contributed by atoms with Crippen molar-refractivity contribution in [2.45, 2.75) is 37.8 Å². The Hall–Kier alpha value is -3.91. The van der Waals surface area contributed by atoms with E-state index in [2.05, 4.69) is 30.9 Å². The molecule has 0 N–H and O–H groups in total. The monoisotopic (exact) mass is 502 g/mol. The number of likely N-dealkylation sites (N-methyl/N-ethyl adjacent to an activating group) is 1. The second kappa shape index (κ2) is 9.52. The molecule has 0 amide bonds. The molecule has 2 aliphatic rings. The summed E-state index contributed by atoms with van der Waals surface area (Å²) in [4.78, 5) is 31.1. The first-order valence-electron chi connectivity index (χ1n) is 12.3. The molecule has 0 saturated heterocycles. The van der Waals surface area contributed by atoms with Crippen molar-refractivity contribution in [3.63, 3.8) is 0 Å². The summed E-state index contributed by atoms with van der Waals surface area (Å²) in [6.45, 7) is 4.80. The zero-order valence-corrected chi connectivity index (χ0v) is 21.4. The molecular formula is C29H30N2O6. The number of hydrogen-bond donors (Lipinski definition) is 0. The maximum Gasteiger partial charge on any atom is 0.311 e. The van der Waals surface area contributed by atoms with Gasteiger partial charge in [-0.3, -0.25) is 14.6 Å². The minimum atomic E-state index is -0.778. The molecule has 0 saturated carbocycles. The first kappa shape index (κ1) is 24.8. The first-order valence-corrected chi connectivity index (χ1v) is 12.3. The third kappa shape index (κ3) is 4.21. The molecule has 5 rings (SSSR count). The molecule has 8 nitrogen and oxygen atoms in total. The van der Waals surface area contributed by atoms with Crippen molar-refractivity contribution in [1.82, 2.24) is 0 Å². The lowest BCUT2D eigenvalue weighted by Gasteiger charge is -2.45. The fourth-order valence-corrected chi connectivity index (χ4v) is 5.12. The number of rotatable bonds is 7. The van der Waals surface area contributed by atoms with Gasteiger partial charge in [0.15, 0.2) is 0 Å². The van der Waals surface area contributed by atoms with Gasteiger partial charge in [-0.05, 0) is 49.1 Å². The largest absolute Gasteiger partial charge is 0.463 e. The molecular weight excluding hydrogens is 472 g/mol. The van der Waals surface area contributed by atoms with E-state index in [0.29, 0.717) is 23.8 Å². The minimum absolute atomic E-state index is 0.0581. The van der Waals surface area contributed by atoms with E-state index in [0.717, 1.165) is 16.5 Å². The predicted octanol–water partition coefficient (Wildman–Crippen LogP) is 4.93. The molecule has 192 valence electrons. The van der Waals surface area contributed by atoms with Crippen LogP contribution < -0.4 is 14.4 Å². The number of esters is 2. The summed E-state index contributed by atoms with van der Waals surface area (Å²) in [6, 6.07) is 17.6. The highest BCUT2D eigenvalue weighted by molar-refractivity contribution is 6.00. The molecule has 1 unspecified atom stereocenters. The fraction of sp³-hybridized carbons (Fsp3) is 0.345. The van der Waals surface area contributed by atoms with Gasteiger partial charge in [-0.15, -0.1) is 0 Å². The summed E-state index contributed by atoms with van der Waals surface area (Å²) in [6.07, 6.45) is 1.74. The zero-order chi connectivity index (χ0) is 26.2. The molecule has 37 heavy (non-hydrogen) atoms. The van der Waals surface area contributed by atoms with Crippen molar-refractivity contribution >= 4 is 40.3 Å². The molecule has 3 aromatic rings. The molecule has 0 aliphatic carbocycles. The van der Waals surface area contributed by atoms with Crippen LogP contribution in [0.3, 0.4) is 0 Å². The van der Waals surface area contributed by atoms with Crippen LogP contribution in [0.2, 0.25) is 0 Å². The van der Waals surface area contributed by atoms with Crippen molar-refractivity contribution in [1.29, 1.82) is 0 Å². The molecule has 3 aromatic carbocycles. The van der Waals surface area contributed by atoms with E-state index >= 15 is 0 Å². The van der Waals surface area contributed by atoms with E-state index < -0.39 is 17.7 Å². The maximum absolute atomic E-state index is 12.3. The van der Waals surface area contributed by atoms with Crippen LogP contribution in [0.1, 0.15) is 32.3 Å². The van der Waals surface area contributed by atoms with E-state index in [4.69, 9.17) is 23.9 Å². The van der Waals surface area contributed by atoms with Crippen LogP contribution in [-0.2, 0) is 24.5 Å². The molecule has 8 heteroatoms. The van der Waals surface area contributed by atoms with Gasteiger partial charge >= 0.3 is 11.9 Å². The quantitative estimate of drug-likeness (QED) is 0.257. The third-order valence-electron chi connectivity index (χ3n) is 7.21. The van der Waals surface area contributed by atoms with Crippen LogP contribution in [0.5, 0.6) is 11.5 Å². The third-order valence-corrected chi connectivity index (χ3v) is 7.21. The van der Waals surface area contributed by atoms with Gasteiger partial charge in [-0.25, -0.2) is 0 Å². The Balaban J connectivity index is 1.37. The Bertz CT molecular complexity index is 1400. The number of carbonyl (C=O) groups is 2. The van der Waals surface area contributed by atoms with Gasteiger partial charge in [0.05, 0.1) is 31.1 Å². The number of benzene rings is 3. The molecule has 0 fully saturated rings. The van der Waals surface area contributed by atoms with Gasteiger partial charge in [-0.2, -0.15) is 0 Å². The standard InChI is InChI=1S/C29H30N2O6/c1-28(2)22-7-5-6-8-23(22)31(3)29(28)18-30-27-21-17-20(11-9-19(21)10-12-24(27)37-29)36-26(33)14-13-25(32)35-16-15-34-4/h5-12,17-18H,13-16H2,1-4H3. The SMILES string of the molecule is COCCOC(=O)CCC(=O)Oc1ccc2ccc3c(c2c1)N=CC1(O3)N(C)c2ccccc2C1(C)C. The lowest BCUT2D eigenvalue weighted by molar-refractivity contribution is -0.147. The Morgan fingerprint density at radius 3 is 2.54 bits per heavy atom. The Morgan fingerprint density at radius 2 is 1.76 bits per heavy atom. The van der Waals surface area contributed by atoms with E-state index in [-0.39, 0.29) is 24.9 Å². The smallest absolute Gasteiger partial charge is 0.311 e. The highest BCUT2D eigenvalue weighted by atomic mass is 16.6. The zero-order valence-electron chi connectivity index (χ0n) is 21.4. The van der Waals surface area contributed by atoms with Crippen molar-refractivity contribution in [3.8, 4) is 11.5 Å². The summed E-state index contributed by atoms with van der Waals surface area (Å²) >= 11 is 0. The number of ether oxygens (including phenoxy) is 4. The van der Waals surface area contributed by atoms with Crippen molar-refractivity contribution in [3.05, 3.63) is 60.2 Å². The normalized spacial score (nSPS) is 18.9. The molecule has 0 radical (unpaired) electrons. The maximum atomic E-state index is 12.3. The number of methoxy groups -OCH3 is 1. The lowest BCUT2D eigenvalue weighted by Crippen LogP contribution is -2.61. The molecule has 0 aromatic heterocycles. The van der Waals surface area contributed by atoms with Crippen LogP contribution >= 0.6 is 0 Å². The summed E-state index contributed by atoms with van der Waals surface area (Å²) < 4.78 is 22.1. The van der Waals surface area contributed by atoms with Gasteiger partial charge in [0, 0.05) is 25.2 Å². The Labute approximate surface area is 215 Å². The van der Waals surface area contributed by atoms with Gasteiger partial charge in [0.25, 0.3) is 0 Å². The van der Waals surface area contributed by atoms with Gasteiger partial charge < -0.3 is 23.8 Å². The van der Waals surface area contributed by atoms with Crippen LogP contribution in [0.15, 0.2) is 59.6 Å². The number of carbonyl (C=O) groups excluding carboxylic acids is 2. The van der Waals surface area contributed by atoms with E-state index in [1.54, 1.807) is 12.1 Å². The van der Waals surface area contributed by atoms with E-state index in [1.165, 1.54) is 12.7 Å². The highest BCUT2D eigenvalue weighted by Gasteiger charge is 2.58. The van der Waals surface area contributed by atoms with Gasteiger partial charge in [0.2, 0.25) is 5.72 Å². The summed E-state index contributed by atoms with van der Waals surface area (Å²) in [7, 11) is 3.55. The number of aliphatic imine (C=N–C) groups is 1. The summed E-state index contributed by atoms with van der Waals surface area (Å²) in [5.74, 6) is 0.0486. The van der Waals surface area contributed by atoms with Crippen molar-refractivity contribution < 1.29 is 28.5 Å². The van der Waals surface area contributed by atoms with Crippen molar-refractivity contribution in [2.75, 3.05) is 32.3 Å². The van der Waals surface area contributed by atoms with Gasteiger partial charge in [-0.1, -0.05) is 30.3 Å². The number of hydrogen-bond acceptors (Lipinski definition) is 8. The Morgan fingerprint density at radius 1 is 1.00 bits per heavy atom. The second-order valence-electron chi connectivity index (χ2n) is 9.74. The van der Waals surface area contributed by atoms with Crippen molar-refractivity contribution in [2.24, 2.45) is 4.99 Å². The van der Waals surface area contributed by atoms with Crippen LogP contribution in [-0.4, -0.2) is 51.2 Å². The molecule has 1 spiro atoms. The average molecular weight is 503 g/mol. The topological polar surface area (TPSA) is 86.7 Å². The molecule has 2 aliphatic heterocycles. The molecule has 0 bridgehead atoms. The average Bonchev–Trinajstić information content (AvgIpc) is 3.05. The number of anilines is 1. The van der Waals surface area contributed by atoms with Gasteiger partial charge in [0.1, 0.15) is 23.8 Å². The van der Waals surface area contributed by atoms with E-state index in [1.807, 2.05) is 43.6 Å². The summed E-state index contributed by atoms with van der Waals surface area (Å²) in [5, 5.41) is 1.75. The van der Waals surface area contributed by atoms with Crippen LogP contribution in [0.25, 0.3) is 10.8 Å². The van der Waals surface area contributed by atoms with E-state index in [9.17, 15) is 9.59 Å². The second-order valence-corrected chi connectivity index (χ2v) is 9.74. The number of fused-ring (bicyclic) bond motifs is 4. The van der Waals surface area contributed by atoms with Crippen LogP contribution in [0, 0.1) is 0 Å². The number of nitrogens with zero attached hydrogens (tertiary/aromatic N) is 2. The number of para-hydroxylation sites is 1. The highest BCUT2D eigenvalue weighted by Crippen LogP contribution is 2.54. The molecule has 1 atom stereocenters. The summed E-state index contributed by atoms with van der Waals surface area (Å²) in [5.41, 5.74) is 1.86.